The Balaban J connectivity index is 1.63. The number of hydrogen-bond acceptors (Lipinski definition) is 5. The number of aliphatic hydroxyl groups is 1. The van der Waals surface area contributed by atoms with Gasteiger partial charge in [-0.1, -0.05) is 12.1 Å². The molecule has 0 unspecified atom stereocenters. The van der Waals surface area contributed by atoms with E-state index in [0.717, 1.165) is 30.7 Å². The Bertz CT molecular complexity index is 745. The Labute approximate surface area is 155 Å². The normalized spacial score (nSPS) is 17.0. The van der Waals surface area contributed by atoms with E-state index in [1.165, 1.54) is 12.1 Å². The summed E-state index contributed by atoms with van der Waals surface area (Å²) < 4.78 is 43.4. The maximum absolute atomic E-state index is 12.7. The Morgan fingerprint density at radius 3 is 2.44 bits per heavy atom. The number of benzene rings is 1. The third kappa shape index (κ3) is 5.03. The van der Waals surface area contributed by atoms with E-state index in [1.807, 2.05) is 0 Å². The predicted octanol–water partition coefficient (Wildman–Crippen LogP) is 3.04. The minimum absolute atomic E-state index is 0.101. The molecule has 2 heterocycles. The van der Waals surface area contributed by atoms with Crippen LogP contribution < -0.4 is 5.32 Å². The highest BCUT2D eigenvalue weighted by Crippen LogP contribution is 2.31. The van der Waals surface area contributed by atoms with Gasteiger partial charge in [-0.05, 0) is 31.0 Å². The first-order valence-electron chi connectivity index (χ1n) is 8.81. The Morgan fingerprint density at radius 2 is 1.81 bits per heavy atom. The summed E-state index contributed by atoms with van der Waals surface area (Å²) in [5, 5.41) is 13.0. The van der Waals surface area contributed by atoms with Crippen LogP contribution in [0.25, 0.3) is 11.4 Å². The predicted molar refractivity (Wildman–Crippen MR) is 93.7 cm³/mol. The van der Waals surface area contributed by atoms with Gasteiger partial charge in [0, 0.05) is 43.5 Å². The van der Waals surface area contributed by atoms with Crippen LogP contribution in [-0.2, 0) is 17.5 Å². The van der Waals surface area contributed by atoms with Crippen molar-refractivity contribution < 1.29 is 23.0 Å². The molecular weight excluding hydrogens is 359 g/mol. The van der Waals surface area contributed by atoms with Crippen LogP contribution in [0.2, 0.25) is 0 Å². The molecule has 0 saturated carbocycles. The number of ether oxygens (including phenoxy) is 1. The molecule has 1 aliphatic rings. The van der Waals surface area contributed by atoms with Crippen LogP contribution in [0.1, 0.15) is 24.1 Å². The fourth-order valence-electron chi connectivity index (χ4n) is 3.09. The molecule has 8 heteroatoms. The van der Waals surface area contributed by atoms with Crippen molar-refractivity contribution in [1.29, 1.82) is 0 Å². The third-order valence-corrected chi connectivity index (χ3v) is 4.88. The van der Waals surface area contributed by atoms with Crippen LogP contribution in [0, 0.1) is 5.41 Å². The zero-order chi connectivity index (χ0) is 19.3. The molecule has 0 amide bonds. The molecule has 146 valence electrons. The van der Waals surface area contributed by atoms with Crippen molar-refractivity contribution in [1.82, 2.24) is 15.3 Å². The summed E-state index contributed by atoms with van der Waals surface area (Å²) in [6, 6.07) is 6.56. The highest BCUT2D eigenvalue weighted by atomic mass is 19.4. The van der Waals surface area contributed by atoms with E-state index in [1.54, 1.807) is 12.3 Å². The zero-order valence-corrected chi connectivity index (χ0v) is 14.8. The molecule has 1 aromatic carbocycles. The van der Waals surface area contributed by atoms with Crippen molar-refractivity contribution in [2.45, 2.75) is 25.6 Å². The first-order valence-corrected chi connectivity index (χ1v) is 8.81. The van der Waals surface area contributed by atoms with Gasteiger partial charge in [0.05, 0.1) is 17.9 Å². The van der Waals surface area contributed by atoms with Crippen LogP contribution in [0.5, 0.6) is 0 Å². The van der Waals surface area contributed by atoms with Gasteiger partial charge in [0.1, 0.15) is 0 Å². The van der Waals surface area contributed by atoms with Gasteiger partial charge < -0.3 is 15.2 Å². The topological polar surface area (TPSA) is 67.3 Å². The summed E-state index contributed by atoms with van der Waals surface area (Å²) in [5.74, 6) is 0.381. The third-order valence-electron chi connectivity index (χ3n) is 4.88. The smallest absolute Gasteiger partial charge is 0.396 e. The second-order valence-electron chi connectivity index (χ2n) is 6.82. The van der Waals surface area contributed by atoms with Crippen LogP contribution in [0.15, 0.2) is 36.5 Å². The summed E-state index contributed by atoms with van der Waals surface area (Å²) in [4.78, 5) is 8.58. The standard InChI is InChI=1S/C19H22F3N3O2/c20-19(21,22)15-3-1-14(2-4-15)17-24-8-5-16(25-17)11-23-12-18(13-26)6-9-27-10-7-18/h1-5,8,23,26H,6-7,9-13H2. The van der Waals surface area contributed by atoms with E-state index in [9.17, 15) is 18.3 Å². The molecule has 0 spiro atoms. The highest BCUT2D eigenvalue weighted by Gasteiger charge is 2.31. The molecule has 5 nitrogen and oxygen atoms in total. The van der Waals surface area contributed by atoms with Crippen molar-refractivity contribution in [3.05, 3.63) is 47.8 Å². The van der Waals surface area contributed by atoms with Crippen molar-refractivity contribution in [2.24, 2.45) is 5.41 Å². The minimum atomic E-state index is -4.36. The lowest BCUT2D eigenvalue weighted by molar-refractivity contribution is -0.137. The summed E-state index contributed by atoms with van der Waals surface area (Å²) in [7, 11) is 0. The number of aliphatic hydroxyl groups excluding tert-OH is 1. The minimum Gasteiger partial charge on any atom is -0.396 e. The van der Waals surface area contributed by atoms with Crippen LogP contribution in [0.3, 0.4) is 0 Å². The maximum atomic E-state index is 12.7. The number of aromatic nitrogens is 2. The Hall–Kier alpha value is -2.03. The largest absolute Gasteiger partial charge is 0.416 e. The molecule has 0 radical (unpaired) electrons. The van der Waals surface area contributed by atoms with Crippen molar-refractivity contribution in [2.75, 3.05) is 26.4 Å². The highest BCUT2D eigenvalue weighted by molar-refractivity contribution is 5.55. The zero-order valence-electron chi connectivity index (χ0n) is 14.8. The lowest BCUT2D eigenvalue weighted by Crippen LogP contribution is -2.41. The number of rotatable bonds is 6. The number of alkyl halides is 3. The van der Waals surface area contributed by atoms with E-state index in [4.69, 9.17) is 4.74 Å². The van der Waals surface area contributed by atoms with Gasteiger partial charge in [0.25, 0.3) is 0 Å². The van der Waals surface area contributed by atoms with Gasteiger partial charge in [0.2, 0.25) is 0 Å². The molecule has 1 aromatic heterocycles. The van der Waals surface area contributed by atoms with Gasteiger partial charge in [0.15, 0.2) is 5.82 Å². The summed E-state index contributed by atoms with van der Waals surface area (Å²) in [6.45, 7) is 2.52. The summed E-state index contributed by atoms with van der Waals surface area (Å²) in [5.41, 5.74) is 0.387. The Morgan fingerprint density at radius 1 is 1.11 bits per heavy atom. The van der Waals surface area contributed by atoms with Gasteiger partial charge in [-0.15, -0.1) is 0 Å². The molecule has 2 N–H and O–H groups in total. The second kappa shape index (κ2) is 8.33. The SMILES string of the molecule is OCC1(CNCc2ccnc(-c3ccc(C(F)(F)F)cc3)n2)CCOCC1. The van der Waals surface area contributed by atoms with E-state index in [2.05, 4.69) is 15.3 Å². The average Bonchev–Trinajstić information content (AvgIpc) is 2.68. The molecule has 0 atom stereocenters. The number of nitrogens with one attached hydrogen (secondary N) is 1. The molecule has 0 aliphatic carbocycles. The molecule has 27 heavy (non-hydrogen) atoms. The number of nitrogens with zero attached hydrogens (tertiary/aromatic N) is 2. The average molecular weight is 381 g/mol. The molecule has 2 aromatic rings. The molecular formula is C19H22F3N3O2. The molecule has 1 aliphatic heterocycles. The summed E-state index contributed by atoms with van der Waals surface area (Å²) in [6.07, 6.45) is -1.17. The van der Waals surface area contributed by atoms with Crippen LogP contribution in [-0.4, -0.2) is 41.4 Å². The fraction of sp³-hybridized carbons (Fsp3) is 0.474. The lowest BCUT2D eigenvalue weighted by Gasteiger charge is -2.35. The molecule has 0 bridgehead atoms. The van der Waals surface area contributed by atoms with Crippen LogP contribution >= 0.6 is 0 Å². The summed E-state index contributed by atoms with van der Waals surface area (Å²) >= 11 is 0. The van der Waals surface area contributed by atoms with Crippen molar-refractivity contribution >= 4 is 0 Å². The van der Waals surface area contributed by atoms with Gasteiger partial charge in [-0.3, -0.25) is 0 Å². The fourth-order valence-corrected chi connectivity index (χ4v) is 3.09. The van der Waals surface area contributed by atoms with Gasteiger partial charge >= 0.3 is 6.18 Å². The van der Waals surface area contributed by atoms with Crippen molar-refractivity contribution in [3.63, 3.8) is 0 Å². The first-order chi connectivity index (χ1) is 12.9. The first kappa shape index (κ1) is 19.7. The van der Waals surface area contributed by atoms with Gasteiger partial charge in [-0.2, -0.15) is 13.2 Å². The molecule has 1 saturated heterocycles. The van der Waals surface area contributed by atoms with E-state index < -0.39 is 11.7 Å². The molecule has 1 fully saturated rings. The lowest BCUT2D eigenvalue weighted by atomic mass is 9.81. The van der Waals surface area contributed by atoms with E-state index in [0.29, 0.717) is 37.7 Å². The number of hydrogen-bond donors (Lipinski definition) is 2. The van der Waals surface area contributed by atoms with E-state index >= 15 is 0 Å². The molecule has 3 rings (SSSR count). The van der Waals surface area contributed by atoms with E-state index in [-0.39, 0.29) is 12.0 Å². The second-order valence-corrected chi connectivity index (χ2v) is 6.82. The monoisotopic (exact) mass is 381 g/mol. The van der Waals surface area contributed by atoms with Crippen LogP contribution in [0.4, 0.5) is 13.2 Å². The Kier molecular flexibility index (Phi) is 6.08. The maximum Gasteiger partial charge on any atom is 0.416 e. The van der Waals surface area contributed by atoms with Crippen molar-refractivity contribution in [3.8, 4) is 11.4 Å². The van der Waals surface area contributed by atoms with Gasteiger partial charge in [-0.25, -0.2) is 9.97 Å². The quantitative estimate of drug-likeness (QED) is 0.805. The number of halogens is 3.